The summed E-state index contributed by atoms with van der Waals surface area (Å²) in [5, 5.41) is 0. The van der Waals surface area contributed by atoms with E-state index in [1.54, 1.807) is 19.2 Å². The van der Waals surface area contributed by atoms with Crippen LogP contribution in [0.15, 0.2) is 54.6 Å². The lowest BCUT2D eigenvalue weighted by molar-refractivity contribution is 0.103. The maximum absolute atomic E-state index is 13.6. The van der Waals surface area contributed by atoms with E-state index in [0.717, 1.165) is 16.9 Å². The zero-order valence-electron chi connectivity index (χ0n) is 14.7. The monoisotopic (exact) mass is 351 g/mol. The number of methoxy groups -OCH3 is 2. The predicted octanol–water partition coefficient (Wildman–Crippen LogP) is 4.44. The van der Waals surface area contributed by atoms with Gasteiger partial charge in [0, 0.05) is 11.1 Å². The second-order valence-corrected chi connectivity index (χ2v) is 5.77. The number of rotatable bonds is 5. The van der Waals surface area contributed by atoms with E-state index in [4.69, 9.17) is 9.47 Å². The number of aryl methyl sites for hydroxylation is 1. The number of aromatic nitrogens is 1. The fourth-order valence-corrected chi connectivity index (χ4v) is 2.71. The molecule has 0 radical (unpaired) electrons. The third-order valence-corrected chi connectivity index (χ3v) is 4.09. The van der Waals surface area contributed by atoms with E-state index in [2.05, 4.69) is 4.98 Å². The van der Waals surface area contributed by atoms with Crippen molar-refractivity contribution in [2.45, 2.75) is 6.92 Å². The third-order valence-electron chi connectivity index (χ3n) is 4.09. The van der Waals surface area contributed by atoms with Crippen molar-refractivity contribution in [1.29, 1.82) is 0 Å². The lowest BCUT2D eigenvalue weighted by atomic mass is 10.0. The Morgan fingerprint density at radius 1 is 0.962 bits per heavy atom. The van der Waals surface area contributed by atoms with Crippen molar-refractivity contribution in [2.75, 3.05) is 14.2 Å². The largest absolute Gasteiger partial charge is 0.496 e. The fraction of sp³-hybridized carbons (Fsp3) is 0.143. The van der Waals surface area contributed by atoms with E-state index in [9.17, 15) is 9.18 Å². The number of hydrogen-bond acceptors (Lipinski definition) is 4. The molecule has 26 heavy (non-hydrogen) atoms. The molecule has 2 aromatic carbocycles. The third kappa shape index (κ3) is 3.42. The van der Waals surface area contributed by atoms with Gasteiger partial charge in [0.2, 0.25) is 5.78 Å². The highest BCUT2D eigenvalue weighted by molar-refractivity contribution is 6.08. The number of ketones is 1. The molecule has 0 fully saturated rings. The maximum atomic E-state index is 13.6. The SMILES string of the molecule is COc1ccc(-c2cccc(C(=O)c3ccc(F)c(OC)c3)n2)cc1C. The Kier molecular flexibility index (Phi) is 4.98. The molecular formula is C21H18FNO3. The van der Waals surface area contributed by atoms with Crippen LogP contribution in [-0.2, 0) is 0 Å². The first-order valence-electron chi connectivity index (χ1n) is 8.04. The Balaban J connectivity index is 1.96. The average molecular weight is 351 g/mol. The Bertz CT molecular complexity index is 969. The van der Waals surface area contributed by atoms with Gasteiger partial charge in [0.15, 0.2) is 11.6 Å². The van der Waals surface area contributed by atoms with Crippen molar-refractivity contribution in [1.82, 2.24) is 4.98 Å². The number of ether oxygens (including phenoxy) is 2. The van der Waals surface area contributed by atoms with E-state index in [1.165, 1.54) is 25.3 Å². The smallest absolute Gasteiger partial charge is 0.211 e. The number of benzene rings is 2. The summed E-state index contributed by atoms with van der Waals surface area (Å²) in [6.45, 7) is 1.95. The standard InChI is InChI=1S/C21H18FNO3/c1-13-11-14(8-10-19(13)25-2)17-5-4-6-18(23-17)21(24)15-7-9-16(22)20(12-15)26-3/h4-12H,1-3H3. The van der Waals surface area contributed by atoms with Crippen LogP contribution in [0, 0.1) is 12.7 Å². The van der Waals surface area contributed by atoms with Crippen molar-refractivity contribution < 1.29 is 18.7 Å². The van der Waals surface area contributed by atoms with Crippen LogP contribution in [0.1, 0.15) is 21.6 Å². The van der Waals surface area contributed by atoms with Gasteiger partial charge in [-0.2, -0.15) is 0 Å². The first-order chi connectivity index (χ1) is 12.5. The first-order valence-corrected chi connectivity index (χ1v) is 8.04. The molecule has 0 saturated heterocycles. The highest BCUT2D eigenvalue weighted by Crippen LogP contribution is 2.26. The topological polar surface area (TPSA) is 48.4 Å². The first kappa shape index (κ1) is 17.6. The number of nitrogens with zero attached hydrogens (tertiary/aromatic N) is 1. The number of carbonyl (C=O) groups excluding carboxylic acids is 1. The summed E-state index contributed by atoms with van der Waals surface area (Å²) in [5.74, 6) is 0.00650. The Morgan fingerprint density at radius 2 is 1.73 bits per heavy atom. The van der Waals surface area contributed by atoms with E-state index in [0.29, 0.717) is 11.3 Å². The van der Waals surface area contributed by atoms with E-state index in [1.807, 2.05) is 31.2 Å². The maximum Gasteiger partial charge on any atom is 0.211 e. The predicted molar refractivity (Wildman–Crippen MR) is 97.3 cm³/mol. The van der Waals surface area contributed by atoms with Gasteiger partial charge in [0.05, 0.1) is 19.9 Å². The molecule has 0 unspecified atom stereocenters. The second-order valence-electron chi connectivity index (χ2n) is 5.77. The van der Waals surface area contributed by atoms with Crippen LogP contribution in [0.25, 0.3) is 11.3 Å². The van der Waals surface area contributed by atoms with Gasteiger partial charge in [-0.1, -0.05) is 6.07 Å². The second kappa shape index (κ2) is 7.35. The minimum Gasteiger partial charge on any atom is -0.496 e. The van der Waals surface area contributed by atoms with Gasteiger partial charge in [0.25, 0.3) is 0 Å². The summed E-state index contributed by atoms with van der Waals surface area (Å²) in [4.78, 5) is 17.2. The van der Waals surface area contributed by atoms with Crippen molar-refractivity contribution in [3.05, 3.63) is 77.2 Å². The number of hydrogen-bond donors (Lipinski definition) is 0. The van der Waals surface area contributed by atoms with E-state index >= 15 is 0 Å². The van der Waals surface area contributed by atoms with E-state index < -0.39 is 5.82 Å². The Labute approximate surface area is 151 Å². The summed E-state index contributed by atoms with van der Waals surface area (Å²) < 4.78 is 23.8. The van der Waals surface area contributed by atoms with Crippen LogP contribution in [-0.4, -0.2) is 25.0 Å². The van der Waals surface area contributed by atoms with Crippen LogP contribution in [0.3, 0.4) is 0 Å². The Hall–Kier alpha value is -3.21. The lowest BCUT2D eigenvalue weighted by Crippen LogP contribution is -2.05. The zero-order chi connectivity index (χ0) is 18.7. The van der Waals surface area contributed by atoms with Crippen LogP contribution in [0.5, 0.6) is 11.5 Å². The van der Waals surface area contributed by atoms with Gasteiger partial charge in [0.1, 0.15) is 11.4 Å². The average Bonchev–Trinajstić information content (AvgIpc) is 2.68. The molecule has 1 aromatic heterocycles. The normalized spacial score (nSPS) is 10.5. The Morgan fingerprint density at radius 3 is 2.42 bits per heavy atom. The van der Waals surface area contributed by atoms with Crippen LogP contribution < -0.4 is 9.47 Å². The highest BCUT2D eigenvalue weighted by Gasteiger charge is 2.15. The molecule has 0 amide bonds. The van der Waals surface area contributed by atoms with Gasteiger partial charge in [-0.15, -0.1) is 0 Å². The summed E-state index contributed by atoms with van der Waals surface area (Å²) >= 11 is 0. The quantitative estimate of drug-likeness (QED) is 0.638. The summed E-state index contributed by atoms with van der Waals surface area (Å²) in [6, 6.07) is 15.0. The molecule has 0 saturated carbocycles. The number of pyridine rings is 1. The molecule has 1 heterocycles. The molecule has 0 aliphatic rings. The number of carbonyl (C=O) groups is 1. The molecule has 0 spiro atoms. The summed E-state index contributed by atoms with van der Waals surface area (Å²) in [6.07, 6.45) is 0. The van der Waals surface area contributed by atoms with Crippen molar-refractivity contribution >= 4 is 5.78 Å². The van der Waals surface area contributed by atoms with Gasteiger partial charge >= 0.3 is 0 Å². The van der Waals surface area contributed by atoms with Crippen molar-refractivity contribution in [3.63, 3.8) is 0 Å². The molecule has 0 N–H and O–H groups in total. The molecule has 132 valence electrons. The molecule has 3 aromatic rings. The van der Waals surface area contributed by atoms with Crippen LogP contribution >= 0.6 is 0 Å². The van der Waals surface area contributed by atoms with Gasteiger partial charge in [-0.05, 0) is 61.0 Å². The van der Waals surface area contributed by atoms with E-state index in [-0.39, 0.29) is 17.2 Å². The molecule has 0 atom stereocenters. The fourth-order valence-electron chi connectivity index (χ4n) is 2.71. The zero-order valence-corrected chi connectivity index (χ0v) is 14.7. The van der Waals surface area contributed by atoms with Crippen LogP contribution in [0.2, 0.25) is 0 Å². The highest BCUT2D eigenvalue weighted by atomic mass is 19.1. The number of halogens is 1. The molecular weight excluding hydrogens is 333 g/mol. The molecule has 0 aliphatic heterocycles. The molecule has 5 heteroatoms. The summed E-state index contributed by atoms with van der Waals surface area (Å²) in [7, 11) is 2.98. The van der Waals surface area contributed by atoms with Crippen molar-refractivity contribution in [3.8, 4) is 22.8 Å². The molecule has 0 aliphatic carbocycles. The van der Waals surface area contributed by atoms with Crippen molar-refractivity contribution in [2.24, 2.45) is 0 Å². The molecule has 3 rings (SSSR count). The van der Waals surface area contributed by atoms with Gasteiger partial charge < -0.3 is 9.47 Å². The molecule has 0 bridgehead atoms. The summed E-state index contributed by atoms with van der Waals surface area (Å²) in [5.41, 5.74) is 3.14. The van der Waals surface area contributed by atoms with Gasteiger partial charge in [-0.25, -0.2) is 9.37 Å². The van der Waals surface area contributed by atoms with Gasteiger partial charge in [-0.3, -0.25) is 4.79 Å². The van der Waals surface area contributed by atoms with Crippen LogP contribution in [0.4, 0.5) is 4.39 Å². The molecule has 4 nitrogen and oxygen atoms in total. The minimum absolute atomic E-state index is 0.0257. The lowest BCUT2D eigenvalue weighted by Gasteiger charge is -2.09. The minimum atomic E-state index is -0.514.